The molecule has 0 aliphatic carbocycles. The van der Waals surface area contributed by atoms with Gasteiger partial charge in [-0.25, -0.2) is 9.97 Å². The Morgan fingerprint density at radius 2 is 2.08 bits per heavy atom. The SMILES string of the molecule is Cc1ccccc1-c1nc(Nc2cnc3n(c2=O)[C@H](C(=O)NCc2cc4cnc(N)cc4s2)C[C@H]3C)no1. The summed E-state index contributed by atoms with van der Waals surface area (Å²) < 4.78 is 7.85. The van der Waals surface area contributed by atoms with E-state index in [2.05, 4.69) is 30.7 Å². The number of pyridine rings is 1. The van der Waals surface area contributed by atoms with Gasteiger partial charge in [-0.2, -0.15) is 4.98 Å². The van der Waals surface area contributed by atoms with Crippen LogP contribution in [0.2, 0.25) is 0 Å². The van der Waals surface area contributed by atoms with E-state index in [0.717, 1.165) is 26.1 Å². The molecule has 11 nitrogen and oxygen atoms in total. The minimum atomic E-state index is -0.679. The van der Waals surface area contributed by atoms with Gasteiger partial charge in [0.15, 0.2) is 0 Å². The first-order chi connectivity index (χ1) is 18.4. The van der Waals surface area contributed by atoms with Crippen LogP contribution in [0.4, 0.5) is 17.5 Å². The molecule has 6 rings (SSSR count). The average molecular weight is 529 g/mol. The molecule has 0 spiro atoms. The molecule has 1 aromatic carbocycles. The topological polar surface area (TPSA) is 154 Å². The van der Waals surface area contributed by atoms with Crippen molar-refractivity contribution >= 4 is 44.8 Å². The van der Waals surface area contributed by atoms with Crippen LogP contribution >= 0.6 is 11.3 Å². The number of nitrogens with one attached hydrogen (secondary N) is 2. The van der Waals surface area contributed by atoms with E-state index in [1.54, 1.807) is 17.5 Å². The average Bonchev–Trinajstić information content (AvgIpc) is 3.61. The molecule has 2 atom stereocenters. The Hall–Kier alpha value is -4.58. The number of nitrogens with two attached hydrogens (primary N) is 1. The second kappa shape index (κ2) is 9.38. The summed E-state index contributed by atoms with van der Waals surface area (Å²) in [5.74, 6) is 1.20. The molecular formula is C26H24N8O3S. The maximum atomic E-state index is 13.5. The molecule has 0 fully saturated rings. The van der Waals surface area contributed by atoms with Crippen molar-refractivity contribution in [1.29, 1.82) is 0 Å². The predicted molar refractivity (Wildman–Crippen MR) is 144 cm³/mol. The van der Waals surface area contributed by atoms with E-state index in [1.807, 2.05) is 50.2 Å². The highest BCUT2D eigenvalue weighted by molar-refractivity contribution is 7.19. The number of hydrogen-bond acceptors (Lipinski definition) is 10. The number of carbonyl (C=O) groups excluding carboxylic acids is 1. The lowest BCUT2D eigenvalue weighted by Gasteiger charge is -2.15. The Labute approximate surface area is 220 Å². The van der Waals surface area contributed by atoms with Crippen molar-refractivity contribution in [3.05, 3.63) is 75.4 Å². The lowest BCUT2D eigenvalue weighted by molar-refractivity contribution is -0.124. The Kier molecular flexibility index (Phi) is 5.87. The van der Waals surface area contributed by atoms with Gasteiger partial charge < -0.3 is 20.9 Å². The third-order valence-corrected chi connectivity index (χ3v) is 7.71. The second-order valence-corrected chi connectivity index (χ2v) is 10.5. The molecule has 0 saturated carbocycles. The molecule has 1 amide bonds. The number of anilines is 3. The van der Waals surface area contributed by atoms with Gasteiger partial charge in [0.25, 0.3) is 17.4 Å². The van der Waals surface area contributed by atoms with Crippen molar-refractivity contribution in [1.82, 2.24) is 30.0 Å². The molecule has 1 aliphatic heterocycles. The number of nitrogens with zero attached hydrogens (tertiary/aromatic N) is 5. The number of rotatable bonds is 6. The maximum absolute atomic E-state index is 13.5. The molecule has 1 aliphatic rings. The summed E-state index contributed by atoms with van der Waals surface area (Å²) in [6, 6.07) is 10.8. The van der Waals surface area contributed by atoms with Crippen molar-refractivity contribution in [2.24, 2.45) is 0 Å². The van der Waals surface area contributed by atoms with Gasteiger partial charge in [0.05, 0.1) is 12.7 Å². The Bertz CT molecular complexity index is 1740. The number of aromatic nitrogens is 5. The van der Waals surface area contributed by atoms with E-state index in [9.17, 15) is 9.59 Å². The number of aryl methyl sites for hydroxylation is 1. The van der Waals surface area contributed by atoms with Crippen molar-refractivity contribution in [2.75, 3.05) is 11.1 Å². The van der Waals surface area contributed by atoms with Gasteiger partial charge in [0, 0.05) is 32.6 Å². The summed E-state index contributed by atoms with van der Waals surface area (Å²) >= 11 is 1.54. The molecule has 0 radical (unpaired) electrons. The largest absolute Gasteiger partial charge is 0.384 e. The molecule has 12 heteroatoms. The third kappa shape index (κ3) is 4.28. The number of fused-ring (bicyclic) bond motifs is 2. The van der Waals surface area contributed by atoms with Crippen LogP contribution in [-0.4, -0.2) is 30.6 Å². The lowest BCUT2D eigenvalue weighted by atomic mass is 10.1. The van der Waals surface area contributed by atoms with Gasteiger partial charge in [-0.15, -0.1) is 11.3 Å². The Balaban J connectivity index is 1.21. The lowest BCUT2D eigenvalue weighted by Crippen LogP contribution is -2.36. The molecule has 4 aromatic heterocycles. The van der Waals surface area contributed by atoms with Crippen molar-refractivity contribution in [3.63, 3.8) is 0 Å². The standard InChI is InChI=1S/C26H24N8O3S/c1-13-5-3-4-6-17(13)24-32-26(33-37-24)31-18-12-29-22-14(2)7-19(34(22)25(18)36)23(35)30-11-16-8-15-10-28-21(27)9-20(15)38-16/h3-6,8-10,12,14,19H,7,11H2,1-2H3,(H2,27,28)(H,30,35)(H,31,33)/t14-,19+/m1/s1. The zero-order valence-corrected chi connectivity index (χ0v) is 21.5. The van der Waals surface area contributed by atoms with Crippen molar-refractivity contribution < 1.29 is 9.32 Å². The number of nitrogen functional groups attached to an aromatic ring is 1. The first-order valence-electron chi connectivity index (χ1n) is 12.1. The van der Waals surface area contributed by atoms with Crippen LogP contribution in [0.25, 0.3) is 21.5 Å². The fourth-order valence-corrected chi connectivity index (χ4v) is 5.73. The smallest absolute Gasteiger partial charge is 0.278 e. The molecule has 0 unspecified atom stereocenters. The Morgan fingerprint density at radius 1 is 1.24 bits per heavy atom. The van der Waals surface area contributed by atoms with Crippen molar-refractivity contribution in [3.8, 4) is 11.5 Å². The van der Waals surface area contributed by atoms with Gasteiger partial charge >= 0.3 is 0 Å². The normalized spacial score (nSPS) is 16.5. The van der Waals surface area contributed by atoms with Crippen LogP contribution in [0.1, 0.15) is 41.6 Å². The summed E-state index contributed by atoms with van der Waals surface area (Å²) in [5, 5.41) is 10.8. The van der Waals surface area contributed by atoms with E-state index in [0.29, 0.717) is 30.5 Å². The van der Waals surface area contributed by atoms with Gasteiger partial charge in [-0.3, -0.25) is 14.2 Å². The number of carbonyl (C=O) groups is 1. The number of hydrogen-bond donors (Lipinski definition) is 3. The number of amides is 1. The summed E-state index contributed by atoms with van der Waals surface area (Å²) in [6.07, 6.45) is 3.64. The highest BCUT2D eigenvalue weighted by Crippen LogP contribution is 2.34. The zero-order valence-electron chi connectivity index (χ0n) is 20.6. The molecule has 0 bridgehead atoms. The van der Waals surface area contributed by atoms with Gasteiger partial charge in [0.1, 0.15) is 23.4 Å². The highest BCUT2D eigenvalue weighted by Gasteiger charge is 2.35. The molecular weight excluding hydrogens is 504 g/mol. The highest BCUT2D eigenvalue weighted by atomic mass is 32.1. The van der Waals surface area contributed by atoms with Crippen LogP contribution in [0.15, 0.2) is 58.1 Å². The monoisotopic (exact) mass is 528 g/mol. The van der Waals surface area contributed by atoms with E-state index in [4.69, 9.17) is 10.3 Å². The van der Waals surface area contributed by atoms with E-state index < -0.39 is 6.04 Å². The van der Waals surface area contributed by atoms with Crippen LogP contribution in [-0.2, 0) is 11.3 Å². The van der Waals surface area contributed by atoms with Gasteiger partial charge in [-0.05, 0) is 42.3 Å². The molecule has 192 valence electrons. The summed E-state index contributed by atoms with van der Waals surface area (Å²) in [7, 11) is 0. The quantitative estimate of drug-likeness (QED) is 0.298. The van der Waals surface area contributed by atoms with Crippen LogP contribution in [0.5, 0.6) is 0 Å². The van der Waals surface area contributed by atoms with Crippen LogP contribution in [0.3, 0.4) is 0 Å². The second-order valence-electron chi connectivity index (χ2n) is 9.30. The first-order valence-corrected chi connectivity index (χ1v) is 12.9. The summed E-state index contributed by atoms with van der Waals surface area (Å²) in [4.78, 5) is 40.6. The molecule has 5 heterocycles. The van der Waals surface area contributed by atoms with Crippen molar-refractivity contribution in [2.45, 2.75) is 38.8 Å². The predicted octanol–water partition coefficient (Wildman–Crippen LogP) is 3.90. The molecule has 5 aromatic rings. The first kappa shape index (κ1) is 23.8. The van der Waals surface area contributed by atoms with Crippen LogP contribution in [0, 0.1) is 6.92 Å². The van der Waals surface area contributed by atoms with E-state index in [1.165, 1.54) is 10.8 Å². The third-order valence-electron chi connectivity index (χ3n) is 6.61. The maximum Gasteiger partial charge on any atom is 0.278 e. The van der Waals surface area contributed by atoms with E-state index in [-0.39, 0.29) is 29.0 Å². The number of benzene rings is 1. The summed E-state index contributed by atoms with van der Waals surface area (Å²) in [5.41, 5.74) is 7.36. The van der Waals surface area contributed by atoms with Crippen LogP contribution < -0.4 is 21.9 Å². The fraction of sp³-hybridized carbons (Fsp3) is 0.231. The number of thiophene rings is 1. The minimum Gasteiger partial charge on any atom is -0.384 e. The Morgan fingerprint density at radius 3 is 2.92 bits per heavy atom. The summed E-state index contributed by atoms with van der Waals surface area (Å²) in [6.45, 7) is 4.24. The van der Waals surface area contributed by atoms with Gasteiger partial charge in [0.2, 0.25) is 5.91 Å². The molecule has 4 N–H and O–H groups in total. The van der Waals surface area contributed by atoms with E-state index >= 15 is 0 Å². The zero-order chi connectivity index (χ0) is 26.4. The molecule has 0 saturated heterocycles. The fourth-order valence-electron chi connectivity index (χ4n) is 4.70. The minimum absolute atomic E-state index is 0.0521. The molecule has 38 heavy (non-hydrogen) atoms. The van der Waals surface area contributed by atoms with Gasteiger partial charge in [-0.1, -0.05) is 25.1 Å².